The van der Waals surface area contributed by atoms with Crippen molar-refractivity contribution in [1.82, 2.24) is 9.55 Å². The number of hydrogen-bond donors (Lipinski definition) is 1. The number of nitrogens with one attached hydrogen (secondary N) is 1. The van der Waals surface area contributed by atoms with Crippen LogP contribution in [0.25, 0.3) is 11.0 Å². The predicted octanol–water partition coefficient (Wildman–Crippen LogP) is 5.84. The fourth-order valence-electron chi connectivity index (χ4n) is 3.88. The molecule has 128 valence electrons. The van der Waals surface area contributed by atoms with Crippen LogP contribution >= 0.6 is 11.6 Å². The summed E-state index contributed by atoms with van der Waals surface area (Å²) in [6, 6.07) is 27.5. The van der Waals surface area contributed by atoms with Crippen molar-refractivity contribution < 1.29 is 0 Å². The Labute approximate surface area is 157 Å². The van der Waals surface area contributed by atoms with E-state index in [4.69, 9.17) is 16.6 Å². The van der Waals surface area contributed by atoms with E-state index in [0.29, 0.717) is 0 Å². The van der Waals surface area contributed by atoms with E-state index in [9.17, 15) is 0 Å². The summed E-state index contributed by atoms with van der Waals surface area (Å²) in [5.74, 6) is 0.922. The Morgan fingerprint density at radius 3 is 2.38 bits per heavy atom. The number of aromatic nitrogens is 2. The van der Waals surface area contributed by atoms with Crippen LogP contribution in [0.1, 0.15) is 29.6 Å². The smallest absolute Gasteiger partial charge is 0.204 e. The topological polar surface area (TPSA) is 29.9 Å². The molecule has 1 N–H and O–H groups in total. The molecule has 0 saturated heterocycles. The second kappa shape index (κ2) is 6.19. The van der Waals surface area contributed by atoms with Crippen LogP contribution in [-0.2, 0) is 0 Å². The lowest BCUT2D eigenvalue weighted by Gasteiger charge is -2.33. The molecule has 26 heavy (non-hydrogen) atoms. The molecule has 4 aromatic rings. The number of benzene rings is 3. The van der Waals surface area contributed by atoms with Gasteiger partial charge in [0.25, 0.3) is 0 Å². The van der Waals surface area contributed by atoms with Gasteiger partial charge in [0.2, 0.25) is 5.95 Å². The zero-order chi connectivity index (χ0) is 17.5. The molecule has 0 spiro atoms. The second-order valence-corrected chi connectivity index (χ2v) is 7.14. The van der Waals surface area contributed by atoms with Crippen LogP contribution in [0.2, 0.25) is 5.02 Å². The third-order valence-corrected chi connectivity index (χ3v) is 5.38. The molecule has 5 rings (SSSR count). The van der Waals surface area contributed by atoms with Gasteiger partial charge in [-0.2, -0.15) is 0 Å². The summed E-state index contributed by atoms with van der Waals surface area (Å²) < 4.78 is 2.32. The van der Waals surface area contributed by atoms with Crippen LogP contribution in [0, 0.1) is 0 Å². The quantitative estimate of drug-likeness (QED) is 0.487. The first-order chi connectivity index (χ1) is 12.8. The van der Waals surface area contributed by atoms with Crippen LogP contribution in [0.3, 0.4) is 0 Å². The molecule has 0 saturated carbocycles. The number of halogens is 1. The SMILES string of the molecule is Clc1ccc([C@H]2C[C@H](c3ccccc3)Nc3nc4ccccc4n32)cc1. The number of fused-ring (bicyclic) bond motifs is 3. The second-order valence-electron chi connectivity index (χ2n) is 6.70. The van der Waals surface area contributed by atoms with E-state index in [1.807, 2.05) is 18.2 Å². The molecule has 1 aromatic heterocycles. The van der Waals surface area contributed by atoms with E-state index in [1.54, 1.807) is 0 Å². The van der Waals surface area contributed by atoms with Crippen molar-refractivity contribution in [3.63, 3.8) is 0 Å². The number of nitrogens with zero attached hydrogens (tertiary/aromatic N) is 2. The van der Waals surface area contributed by atoms with Crippen molar-refractivity contribution in [2.45, 2.75) is 18.5 Å². The standard InChI is InChI=1S/C22H18ClN3/c23-17-12-10-16(11-13-17)21-14-19(15-6-2-1-3-7-15)25-22-24-18-8-4-5-9-20(18)26(21)22/h1-13,19,21H,14H2,(H,24,25)/t19-,21-/m1/s1. The fraction of sp³-hybridized carbons (Fsp3) is 0.136. The monoisotopic (exact) mass is 359 g/mol. The third kappa shape index (κ3) is 2.56. The normalized spacial score (nSPS) is 19.1. The lowest BCUT2D eigenvalue weighted by atomic mass is 9.93. The average Bonchev–Trinajstić information content (AvgIpc) is 3.07. The largest absolute Gasteiger partial charge is 0.349 e. The molecule has 0 unspecified atom stereocenters. The minimum atomic E-state index is 0.209. The van der Waals surface area contributed by atoms with Gasteiger partial charge in [-0.15, -0.1) is 0 Å². The van der Waals surface area contributed by atoms with Crippen LogP contribution < -0.4 is 5.32 Å². The molecule has 2 atom stereocenters. The molecule has 1 aliphatic rings. The number of imidazole rings is 1. The zero-order valence-corrected chi connectivity index (χ0v) is 14.9. The molecular weight excluding hydrogens is 342 g/mol. The minimum absolute atomic E-state index is 0.209. The van der Waals surface area contributed by atoms with Gasteiger partial charge in [0, 0.05) is 5.02 Å². The molecule has 0 aliphatic carbocycles. The highest BCUT2D eigenvalue weighted by atomic mass is 35.5. The Hall–Kier alpha value is -2.78. The van der Waals surface area contributed by atoms with E-state index >= 15 is 0 Å². The number of para-hydroxylation sites is 2. The van der Waals surface area contributed by atoms with Crippen molar-refractivity contribution in [2.75, 3.05) is 5.32 Å². The Morgan fingerprint density at radius 1 is 0.846 bits per heavy atom. The van der Waals surface area contributed by atoms with Gasteiger partial charge in [0.1, 0.15) is 0 Å². The number of hydrogen-bond acceptors (Lipinski definition) is 2. The summed E-state index contributed by atoms with van der Waals surface area (Å²) >= 11 is 6.12. The van der Waals surface area contributed by atoms with Crippen LogP contribution in [0.15, 0.2) is 78.9 Å². The number of anilines is 1. The minimum Gasteiger partial charge on any atom is -0.349 e. The highest BCUT2D eigenvalue weighted by Crippen LogP contribution is 2.41. The van der Waals surface area contributed by atoms with Crippen molar-refractivity contribution in [3.8, 4) is 0 Å². The highest BCUT2D eigenvalue weighted by Gasteiger charge is 2.30. The summed E-state index contributed by atoms with van der Waals surface area (Å²) in [6.45, 7) is 0. The van der Waals surface area contributed by atoms with Gasteiger partial charge in [-0.25, -0.2) is 4.98 Å². The maximum Gasteiger partial charge on any atom is 0.204 e. The van der Waals surface area contributed by atoms with Gasteiger partial charge < -0.3 is 9.88 Å². The molecule has 0 fully saturated rings. The zero-order valence-electron chi connectivity index (χ0n) is 14.1. The highest BCUT2D eigenvalue weighted by molar-refractivity contribution is 6.30. The maximum absolute atomic E-state index is 6.12. The van der Waals surface area contributed by atoms with Crippen molar-refractivity contribution in [3.05, 3.63) is 95.0 Å². The van der Waals surface area contributed by atoms with Gasteiger partial charge in [-0.3, -0.25) is 0 Å². The van der Waals surface area contributed by atoms with Crippen LogP contribution in [0.4, 0.5) is 5.95 Å². The van der Waals surface area contributed by atoms with Crippen LogP contribution in [0.5, 0.6) is 0 Å². The van der Waals surface area contributed by atoms with Gasteiger partial charge in [0.15, 0.2) is 0 Å². The molecule has 0 amide bonds. The van der Waals surface area contributed by atoms with E-state index in [0.717, 1.165) is 28.4 Å². The van der Waals surface area contributed by atoms with E-state index in [1.165, 1.54) is 11.1 Å². The van der Waals surface area contributed by atoms with Gasteiger partial charge >= 0.3 is 0 Å². The summed E-state index contributed by atoms with van der Waals surface area (Å²) in [6.07, 6.45) is 0.957. The summed E-state index contributed by atoms with van der Waals surface area (Å²) in [5, 5.41) is 4.40. The molecule has 4 heteroatoms. The Morgan fingerprint density at radius 2 is 1.58 bits per heavy atom. The van der Waals surface area contributed by atoms with Crippen LogP contribution in [-0.4, -0.2) is 9.55 Å². The van der Waals surface area contributed by atoms with Crippen molar-refractivity contribution >= 4 is 28.6 Å². The average molecular weight is 360 g/mol. The summed E-state index contributed by atoms with van der Waals surface area (Å²) in [5.41, 5.74) is 4.70. The predicted molar refractivity (Wildman–Crippen MR) is 107 cm³/mol. The molecule has 3 aromatic carbocycles. The van der Waals surface area contributed by atoms with E-state index in [2.05, 4.69) is 70.5 Å². The molecule has 2 heterocycles. The lowest BCUT2D eigenvalue weighted by Crippen LogP contribution is -2.27. The molecular formula is C22H18ClN3. The third-order valence-electron chi connectivity index (χ3n) is 5.13. The summed E-state index contributed by atoms with van der Waals surface area (Å²) in [4.78, 5) is 4.85. The number of rotatable bonds is 2. The first-order valence-corrected chi connectivity index (χ1v) is 9.21. The van der Waals surface area contributed by atoms with Gasteiger partial charge in [-0.05, 0) is 41.8 Å². The Bertz CT molecular complexity index is 1050. The molecule has 0 radical (unpaired) electrons. The fourth-order valence-corrected chi connectivity index (χ4v) is 4.01. The Balaban J connectivity index is 1.67. The van der Waals surface area contributed by atoms with E-state index in [-0.39, 0.29) is 12.1 Å². The first kappa shape index (κ1) is 15.5. The lowest BCUT2D eigenvalue weighted by molar-refractivity contribution is 0.477. The van der Waals surface area contributed by atoms with Gasteiger partial charge in [0.05, 0.1) is 23.1 Å². The maximum atomic E-state index is 6.12. The van der Waals surface area contributed by atoms with Gasteiger partial charge in [-0.1, -0.05) is 66.2 Å². The first-order valence-electron chi connectivity index (χ1n) is 8.83. The summed E-state index contributed by atoms with van der Waals surface area (Å²) in [7, 11) is 0. The molecule has 0 bridgehead atoms. The van der Waals surface area contributed by atoms with Crippen molar-refractivity contribution in [2.24, 2.45) is 0 Å². The molecule has 1 aliphatic heterocycles. The Kier molecular flexibility index (Phi) is 3.68. The van der Waals surface area contributed by atoms with E-state index < -0.39 is 0 Å². The van der Waals surface area contributed by atoms with Crippen molar-refractivity contribution in [1.29, 1.82) is 0 Å². The molecule has 3 nitrogen and oxygen atoms in total.